The highest BCUT2D eigenvalue weighted by Gasteiger charge is 2.29. The average molecular weight is 341 g/mol. The molecule has 1 aliphatic heterocycles. The Balaban J connectivity index is 1.90. The van der Waals surface area contributed by atoms with Gasteiger partial charge < -0.3 is 25.4 Å². The van der Waals surface area contributed by atoms with Crippen LogP contribution in [0.3, 0.4) is 0 Å². The van der Waals surface area contributed by atoms with Crippen LogP contribution >= 0.6 is 11.3 Å². The highest BCUT2D eigenvalue weighted by Crippen LogP contribution is 2.19. The number of nitrogens with one attached hydrogen (secondary N) is 2. The SMILES string of the molecule is CCNC(=NCc1csc(N(C)C)n1)NCC1(O)CCOCC1. The van der Waals surface area contributed by atoms with Gasteiger partial charge in [0.2, 0.25) is 0 Å². The van der Waals surface area contributed by atoms with E-state index in [0.717, 1.165) is 17.4 Å². The number of aliphatic imine (C=N–C) groups is 1. The first-order chi connectivity index (χ1) is 11.0. The Morgan fingerprint density at radius 2 is 2.17 bits per heavy atom. The molecule has 0 spiro atoms. The number of thiazole rings is 1. The first kappa shape index (κ1) is 18.0. The van der Waals surface area contributed by atoms with E-state index in [2.05, 4.69) is 20.6 Å². The van der Waals surface area contributed by atoms with E-state index in [1.165, 1.54) is 0 Å². The van der Waals surface area contributed by atoms with Gasteiger partial charge in [0.25, 0.3) is 0 Å². The molecule has 0 atom stereocenters. The molecular weight excluding hydrogens is 314 g/mol. The highest BCUT2D eigenvalue weighted by molar-refractivity contribution is 7.13. The molecule has 0 unspecified atom stereocenters. The van der Waals surface area contributed by atoms with Gasteiger partial charge in [-0.2, -0.15) is 0 Å². The minimum Gasteiger partial charge on any atom is -0.388 e. The van der Waals surface area contributed by atoms with Gasteiger partial charge in [0.15, 0.2) is 11.1 Å². The summed E-state index contributed by atoms with van der Waals surface area (Å²) in [7, 11) is 3.96. The first-order valence-corrected chi connectivity index (χ1v) is 8.84. The second-order valence-corrected chi connectivity index (χ2v) is 6.74. The molecule has 2 heterocycles. The van der Waals surface area contributed by atoms with Crippen molar-refractivity contribution in [1.82, 2.24) is 15.6 Å². The zero-order valence-electron chi connectivity index (χ0n) is 14.1. The smallest absolute Gasteiger partial charge is 0.191 e. The molecule has 1 aliphatic rings. The second kappa shape index (κ2) is 8.47. The Hall–Kier alpha value is -1.38. The fourth-order valence-corrected chi connectivity index (χ4v) is 3.00. The lowest BCUT2D eigenvalue weighted by atomic mass is 9.94. The van der Waals surface area contributed by atoms with Crippen molar-refractivity contribution in [3.8, 4) is 0 Å². The number of nitrogens with zero attached hydrogens (tertiary/aromatic N) is 3. The van der Waals surface area contributed by atoms with Crippen molar-refractivity contribution >= 4 is 22.4 Å². The molecule has 0 radical (unpaired) electrons. The van der Waals surface area contributed by atoms with Gasteiger partial charge in [-0.3, -0.25) is 0 Å². The van der Waals surface area contributed by atoms with Crippen LogP contribution < -0.4 is 15.5 Å². The van der Waals surface area contributed by atoms with Gasteiger partial charge in [-0.15, -0.1) is 11.3 Å². The predicted octanol–water partition coefficient (Wildman–Crippen LogP) is 0.806. The van der Waals surface area contributed by atoms with Crippen molar-refractivity contribution in [1.29, 1.82) is 0 Å². The van der Waals surface area contributed by atoms with Crippen molar-refractivity contribution in [3.05, 3.63) is 11.1 Å². The van der Waals surface area contributed by atoms with Crippen molar-refractivity contribution in [3.63, 3.8) is 0 Å². The van der Waals surface area contributed by atoms with Crippen LogP contribution in [0.4, 0.5) is 5.13 Å². The van der Waals surface area contributed by atoms with Crippen molar-refractivity contribution in [2.45, 2.75) is 31.9 Å². The standard InChI is InChI=1S/C15H27N5O2S/c1-4-16-13(18-11-15(21)5-7-22-8-6-15)17-9-12-10-23-14(19-12)20(2)3/h10,21H,4-9,11H2,1-3H3,(H2,16,17,18). The maximum Gasteiger partial charge on any atom is 0.191 e. The summed E-state index contributed by atoms with van der Waals surface area (Å²) in [4.78, 5) is 11.1. The molecule has 3 N–H and O–H groups in total. The van der Waals surface area contributed by atoms with Crippen LogP contribution in [0, 0.1) is 0 Å². The molecule has 1 aromatic rings. The third kappa shape index (κ3) is 5.63. The number of aliphatic hydroxyl groups is 1. The number of rotatable bonds is 6. The minimum absolute atomic E-state index is 0.474. The predicted molar refractivity (Wildman–Crippen MR) is 94.3 cm³/mol. The summed E-state index contributed by atoms with van der Waals surface area (Å²) < 4.78 is 5.30. The monoisotopic (exact) mass is 341 g/mol. The normalized spacial score (nSPS) is 17.8. The Kier molecular flexibility index (Phi) is 6.61. The number of hydrogen-bond acceptors (Lipinski definition) is 6. The summed E-state index contributed by atoms with van der Waals surface area (Å²) in [6, 6.07) is 0. The van der Waals surface area contributed by atoms with Crippen molar-refractivity contribution in [2.75, 3.05) is 45.3 Å². The molecule has 8 heteroatoms. The van der Waals surface area contributed by atoms with E-state index < -0.39 is 5.60 Å². The molecule has 7 nitrogen and oxygen atoms in total. The van der Waals surface area contributed by atoms with Gasteiger partial charge >= 0.3 is 0 Å². The Morgan fingerprint density at radius 1 is 1.43 bits per heavy atom. The summed E-state index contributed by atoms with van der Waals surface area (Å²) in [6.07, 6.45) is 1.30. The second-order valence-electron chi connectivity index (χ2n) is 5.90. The molecule has 2 rings (SSSR count). The highest BCUT2D eigenvalue weighted by atomic mass is 32.1. The summed E-state index contributed by atoms with van der Waals surface area (Å²) in [6.45, 7) is 5.00. The number of aromatic nitrogens is 1. The van der Waals surface area contributed by atoms with Crippen LogP contribution in [0.2, 0.25) is 0 Å². The van der Waals surface area contributed by atoms with Crippen molar-refractivity contribution in [2.24, 2.45) is 4.99 Å². The van der Waals surface area contributed by atoms with E-state index in [-0.39, 0.29) is 0 Å². The maximum absolute atomic E-state index is 10.5. The fourth-order valence-electron chi connectivity index (χ4n) is 2.25. The van der Waals surface area contributed by atoms with Crippen LogP contribution in [0.25, 0.3) is 0 Å². The molecule has 1 aromatic heterocycles. The summed E-state index contributed by atoms with van der Waals surface area (Å²) in [5, 5.41) is 19.9. The Labute approximate surface area is 141 Å². The van der Waals surface area contributed by atoms with Gasteiger partial charge in [-0.25, -0.2) is 9.98 Å². The molecule has 23 heavy (non-hydrogen) atoms. The molecule has 0 bridgehead atoms. The number of guanidine groups is 1. The average Bonchev–Trinajstić information content (AvgIpc) is 3.00. The molecule has 130 valence electrons. The van der Waals surface area contributed by atoms with Gasteiger partial charge in [-0.1, -0.05) is 0 Å². The van der Waals surface area contributed by atoms with Crippen LogP contribution in [0.1, 0.15) is 25.5 Å². The number of anilines is 1. The van der Waals surface area contributed by atoms with Crippen LogP contribution in [0.15, 0.2) is 10.4 Å². The zero-order chi connectivity index (χ0) is 16.7. The van der Waals surface area contributed by atoms with Crippen LogP contribution in [-0.4, -0.2) is 62.0 Å². The molecular formula is C15H27N5O2S. The number of hydrogen-bond donors (Lipinski definition) is 3. The first-order valence-electron chi connectivity index (χ1n) is 7.96. The van der Waals surface area contributed by atoms with Gasteiger partial charge in [0.05, 0.1) is 17.8 Å². The van der Waals surface area contributed by atoms with E-state index >= 15 is 0 Å². The van der Waals surface area contributed by atoms with E-state index in [0.29, 0.717) is 45.1 Å². The summed E-state index contributed by atoms with van der Waals surface area (Å²) in [5.74, 6) is 0.701. The van der Waals surface area contributed by atoms with Crippen LogP contribution in [-0.2, 0) is 11.3 Å². The fraction of sp³-hybridized carbons (Fsp3) is 0.733. The molecule has 0 aromatic carbocycles. The van der Waals surface area contributed by atoms with E-state index in [9.17, 15) is 5.11 Å². The topological polar surface area (TPSA) is 82.0 Å². The largest absolute Gasteiger partial charge is 0.388 e. The molecule has 0 amide bonds. The molecule has 1 fully saturated rings. The lowest BCUT2D eigenvalue weighted by Crippen LogP contribution is -2.49. The van der Waals surface area contributed by atoms with Crippen molar-refractivity contribution < 1.29 is 9.84 Å². The zero-order valence-corrected chi connectivity index (χ0v) is 14.9. The maximum atomic E-state index is 10.5. The number of ether oxygens (including phenoxy) is 1. The van der Waals surface area contributed by atoms with Crippen LogP contribution in [0.5, 0.6) is 0 Å². The van der Waals surface area contributed by atoms with Gasteiger partial charge in [0.1, 0.15) is 0 Å². The third-order valence-electron chi connectivity index (χ3n) is 3.67. The van der Waals surface area contributed by atoms with E-state index in [1.54, 1.807) is 11.3 Å². The van der Waals surface area contributed by atoms with Gasteiger partial charge in [-0.05, 0) is 6.92 Å². The lowest BCUT2D eigenvalue weighted by Gasteiger charge is -2.32. The lowest BCUT2D eigenvalue weighted by molar-refractivity contribution is -0.0594. The Morgan fingerprint density at radius 3 is 2.78 bits per heavy atom. The summed E-state index contributed by atoms with van der Waals surface area (Å²) in [5.41, 5.74) is 0.230. The molecule has 1 saturated heterocycles. The van der Waals surface area contributed by atoms with E-state index in [1.807, 2.05) is 31.3 Å². The minimum atomic E-state index is -0.715. The summed E-state index contributed by atoms with van der Waals surface area (Å²) >= 11 is 1.61. The van der Waals surface area contributed by atoms with Gasteiger partial charge in [0, 0.05) is 58.6 Å². The third-order valence-corrected chi connectivity index (χ3v) is 4.73. The van der Waals surface area contributed by atoms with E-state index in [4.69, 9.17) is 4.74 Å². The quantitative estimate of drug-likeness (QED) is 0.525. The molecule has 0 saturated carbocycles. The molecule has 0 aliphatic carbocycles. The Bertz CT molecular complexity index is 512.